The smallest absolute Gasteiger partial charge is 0.162 e. The number of rotatable bonds is 7. The average molecular weight is 353 g/mol. The van der Waals surface area contributed by atoms with Crippen molar-refractivity contribution in [1.29, 1.82) is 0 Å². The number of aromatic nitrogens is 2. The lowest BCUT2D eigenvalue weighted by atomic mass is 10.1. The van der Waals surface area contributed by atoms with Gasteiger partial charge in [-0.2, -0.15) is 0 Å². The summed E-state index contributed by atoms with van der Waals surface area (Å²) in [6, 6.07) is 13.8. The number of hydrogen-bond acceptors (Lipinski definition) is 5. The highest BCUT2D eigenvalue weighted by molar-refractivity contribution is 5.93. The van der Waals surface area contributed by atoms with Gasteiger partial charge in [-0.15, -0.1) is 0 Å². The Morgan fingerprint density at radius 2 is 1.65 bits per heavy atom. The molecule has 0 fully saturated rings. The fraction of sp³-hybridized carbons (Fsp3) is 0.300. The van der Waals surface area contributed by atoms with Gasteiger partial charge in [0.25, 0.3) is 0 Å². The SMILES string of the molecule is COc1cc2nc(-c3ccccc3)nc(NCC[NH+](C)C)c2cc1OC. The van der Waals surface area contributed by atoms with Gasteiger partial charge >= 0.3 is 0 Å². The maximum Gasteiger partial charge on any atom is 0.162 e. The molecule has 1 heterocycles. The average Bonchev–Trinajstić information content (AvgIpc) is 2.67. The third kappa shape index (κ3) is 3.86. The molecule has 0 aliphatic carbocycles. The van der Waals surface area contributed by atoms with Gasteiger partial charge in [-0.25, -0.2) is 9.97 Å². The summed E-state index contributed by atoms with van der Waals surface area (Å²) >= 11 is 0. The highest BCUT2D eigenvalue weighted by atomic mass is 16.5. The molecular formula is C20H25N4O2+. The van der Waals surface area contributed by atoms with E-state index in [1.807, 2.05) is 42.5 Å². The van der Waals surface area contributed by atoms with E-state index in [9.17, 15) is 0 Å². The predicted molar refractivity (Wildman–Crippen MR) is 104 cm³/mol. The van der Waals surface area contributed by atoms with Crippen LogP contribution in [0.1, 0.15) is 0 Å². The van der Waals surface area contributed by atoms with Crippen LogP contribution in [-0.4, -0.2) is 51.4 Å². The molecule has 0 saturated carbocycles. The van der Waals surface area contributed by atoms with E-state index >= 15 is 0 Å². The number of hydrogen-bond donors (Lipinski definition) is 2. The molecular weight excluding hydrogens is 328 g/mol. The third-order valence-electron chi connectivity index (χ3n) is 4.15. The first-order valence-electron chi connectivity index (χ1n) is 8.64. The van der Waals surface area contributed by atoms with Crippen LogP contribution in [0, 0.1) is 0 Å². The van der Waals surface area contributed by atoms with Gasteiger partial charge in [0, 0.05) is 17.0 Å². The van der Waals surface area contributed by atoms with Crippen LogP contribution in [0.3, 0.4) is 0 Å². The number of quaternary nitrogens is 1. The minimum absolute atomic E-state index is 0.654. The molecule has 0 aliphatic heterocycles. The first-order valence-corrected chi connectivity index (χ1v) is 8.64. The van der Waals surface area contributed by atoms with Crippen molar-refractivity contribution in [1.82, 2.24) is 9.97 Å². The fourth-order valence-electron chi connectivity index (χ4n) is 2.74. The minimum atomic E-state index is 0.654. The summed E-state index contributed by atoms with van der Waals surface area (Å²) in [4.78, 5) is 10.9. The summed E-state index contributed by atoms with van der Waals surface area (Å²) < 4.78 is 10.9. The number of nitrogens with one attached hydrogen (secondary N) is 2. The third-order valence-corrected chi connectivity index (χ3v) is 4.15. The number of anilines is 1. The number of nitrogens with zero attached hydrogens (tertiary/aromatic N) is 2. The lowest BCUT2D eigenvalue weighted by Crippen LogP contribution is -3.06. The van der Waals surface area contributed by atoms with Crippen molar-refractivity contribution in [2.24, 2.45) is 0 Å². The lowest BCUT2D eigenvalue weighted by molar-refractivity contribution is -0.856. The molecule has 6 nitrogen and oxygen atoms in total. The van der Waals surface area contributed by atoms with Gasteiger partial charge in [0.05, 0.1) is 46.9 Å². The van der Waals surface area contributed by atoms with Crippen LogP contribution in [-0.2, 0) is 0 Å². The van der Waals surface area contributed by atoms with Crippen molar-refractivity contribution in [3.05, 3.63) is 42.5 Å². The van der Waals surface area contributed by atoms with Crippen molar-refractivity contribution in [2.75, 3.05) is 46.7 Å². The van der Waals surface area contributed by atoms with Crippen LogP contribution < -0.4 is 19.7 Å². The highest BCUT2D eigenvalue weighted by Crippen LogP contribution is 2.35. The molecule has 0 radical (unpaired) electrons. The van der Waals surface area contributed by atoms with Crippen LogP contribution in [0.4, 0.5) is 5.82 Å². The summed E-state index contributed by atoms with van der Waals surface area (Å²) in [5, 5.41) is 4.36. The molecule has 1 aromatic heterocycles. The van der Waals surface area contributed by atoms with E-state index in [1.54, 1.807) is 14.2 Å². The molecule has 136 valence electrons. The number of likely N-dealkylation sites (N-methyl/N-ethyl adjacent to an activating group) is 1. The largest absolute Gasteiger partial charge is 0.493 e. The highest BCUT2D eigenvalue weighted by Gasteiger charge is 2.14. The first-order chi connectivity index (χ1) is 12.6. The van der Waals surface area contributed by atoms with Crippen LogP contribution in [0.15, 0.2) is 42.5 Å². The van der Waals surface area contributed by atoms with Crippen molar-refractivity contribution in [3.8, 4) is 22.9 Å². The molecule has 2 aromatic carbocycles. The van der Waals surface area contributed by atoms with E-state index in [-0.39, 0.29) is 0 Å². The Kier molecular flexibility index (Phi) is 5.53. The van der Waals surface area contributed by atoms with Gasteiger partial charge in [0.2, 0.25) is 0 Å². The van der Waals surface area contributed by atoms with E-state index in [4.69, 9.17) is 19.4 Å². The molecule has 6 heteroatoms. The van der Waals surface area contributed by atoms with Crippen LogP contribution >= 0.6 is 0 Å². The summed E-state index contributed by atoms with van der Waals surface area (Å²) in [5.74, 6) is 2.81. The Balaban J connectivity index is 2.12. The molecule has 0 aliphatic rings. The second kappa shape index (κ2) is 8.01. The van der Waals surface area contributed by atoms with Crippen molar-refractivity contribution < 1.29 is 14.4 Å². The summed E-state index contributed by atoms with van der Waals surface area (Å²) in [6.45, 7) is 1.80. The standard InChI is InChI=1S/C20H24N4O2/c1-24(2)11-10-21-20-15-12-17(25-3)18(26-4)13-16(15)22-19(23-20)14-8-6-5-7-9-14/h5-9,12-13H,10-11H2,1-4H3,(H,21,22,23)/p+1. The van der Waals surface area contributed by atoms with Gasteiger partial charge in [-0.1, -0.05) is 30.3 Å². The van der Waals surface area contributed by atoms with E-state index in [2.05, 4.69) is 19.4 Å². The molecule has 0 saturated heterocycles. The zero-order valence-corrected chi connectivity index (χ0v) is 15.7. The molecule has 2 N–H and O–H groups in total. The van der Waals surface area contributed by atoms with E-state index < -0.39 is 0 Å². The Bertz CT molecular complexity index is 882. The van der Waals surface area contributed by atoms with E-state index in [0.29, 0.717) is 17.3 Å². The normalized spacial score (nSPS) is 11.0. The maximum absolute atomic E-state index is 5.44. The number of ether oxygens (including phenoxy) is 2. The Morgan fingerprint density at radius 3 is 2.31 bits per heavy atom. The number of benzene rings is 2. The second-order valence-electron chi connectivity index (χ2n) is 6.37. The molecule has 0 bridgehead atoms. The molecule has 0 atom stereocenters. The predicted octanol–water partition coefficient (Wildman–Crippen LogP) is 1.87. The van der Waals surface area contributed by atoms with Gasteiger partial charge in [0.1, 0.15) is 5.82 Å². The topological polar surface area (TPSA) is 60.7 Å². The van der Waals surface area contributed by atoms with Crippen LogP contribution in [0.5, 0.6) is 11.5 Å². The molecule has 3 rings (SSSR count). The number of fused-ring (bicyclic) bond motifs is 1. The minimum Gasteiger partial charge on any atom is -0.493 e. The van der Waals surface area contributed by atoms with Crippen molar-refractivity contribution in [2.45, 2.75) is 0 Å². The zero-order chi connectivity index (χ0) is 18.5. The fourth-order valence-corrected chi connectivity index (χ4v) is 2.74. The lowest BCUT2D eigenvalue weighted by Gasteiger charge is -2.14. The van der Waals surface area contributed by atoms with E-state index in [0.717, 1.165) is 35.4 Å². The molecule has 26 heavy (non-hydrogen) atoms. The Hall–Kier alpha value is -2.86. The second-order valence-corrected chi connectivity index (χ2v) is 6.37. The van der Waals surface area contributed by atoms with E-state index in [1.165, 1.54) is 4.90 Å². The Morgan fingerprint density at radius 1 is 0.962 bits per heavy atom. The van der Waals surface area contributed by atoms with Gasteiger partial charge in [-0.05, 0) is 6.07 Å². The van der Waals surface area contributed by atoms with Gasteiger partial charge in [-0.3, -0.25) is 0 Å². The van der Waals surface area contributed by atoms with Crippen molar-refractivity contribution in [3.63, 3.8) is 0 Å². The number of methoxy groups -OCH3 is 2. The summed E-state index contributed by atoms with van der Waals surface area (Å²) in [7, 11) is 7.51. The van der Waals surface area contributed by atoms with Crippen molar-refractivity contribution >= 4 is 16.7 Å². The van der Waals surface area contributed by atoms with Gasteiger partial charge < -0.3 is 19.7 Å². The molecule has 0 amide bonds. The zero-order valence-electron chi connectivity index (χ0n) is 15.7. The summed E-state index contributed by atoms with van der Waals surface area (Å²) in [6.07, 6.45) is 0. The quantitative estimate of drug-likeness (QED) is 0.679. The van der Waals surface area contributed by atoms with Crippen LogP contribution in [0.25, 0.3) is 22.3 Å². The first kappa shape index (κ1) is 17.9. The maximum atomic E-state index is 5.44. The van der Waals surface area contributed by atoms with Gasteiger partial charge in [0.15, 0.2) is 17.3 Å². The molecule has 0 spiro atoms. The van der Waals surface area contributed by atoms with Crippen LogP contribution in [0.2, 0.25) is 0 Å². The summed E-state index contributed by atoms with van der Waals surface area (Å²) in [5.41, 5.74) is 1.79. The monoisotopic (exact) mass is 353 g/mol. The Labute approximate surface area is 153 Å². The molecule has 3 aromatic rings. The molecule has 0 unspecified atom stereocenters.